The Morgan fingerprint density at radius 1 is 1.68 bits per heavy atom. The fourth-order valence-electron chi connectivity index (χ4n) is 2.03. The maximum atomic E-state index is 13.9. The zero-order valence-electron chi connectivity index (χ0n) is 11.7. The van der Waals surface area contributed by atoms with Crippen molar-refractivity contribution in [1.82, 2.24) is 5.32 Å². The van der Waals surface area contributed by atoms with Gasteiger partial charge in [-0.15, -0.1) is 0 Å². The van der Waals surface area contributed by atoms with Crippen LogP contribution in [-0.2, 0) is 4.74 Å². The second-order valence-corrected chi connectivity index (χ2v) is 5.32. The first-order chi connectivity index (χ1) is 10.4. The first-order valence-corrected chi connectivity index (χ1v) is 6.83. The number of carbonyl (C=O) groups excluding carboxylic acids is 1. The molecule has 1 heterocycles. The van der Waals surface area contributed by atoms with E-state index in [0.717, 1.165) is 6.07 Å². The van der Waals surface area contributed by atoms with E-state index in [1.807, 2.05) is 0 Å². The molecule has 1 saturated heterocycles. The van der Waals surface area contributed by atoms with Crippen LogP contribution in [0.5, 0.6) is 0 Å². The molecule has 0 aliphatic carbocycles. The van der Waals surface area contributed by atoms with Crippen LogP contribution < -0.4 is 16.0 Å². The average molecular weight is 326 g/mol. The molecule has 7 nitrogen and oxygen atoms in total. The maximum Gasteiger partial charge on any atom is 0.414 e. The molecule has 22 heavy (non-hydrogen) atoms. The van der Waals surface area contributed by atoms with Crippen LogP contribution in [0.3, 0.4) is 0 Å². The van der Waals surface area contributed by atoms with Crippen LogP contribution in [0, 0.1) is 5.82 Å². The number of benzene rings is 1. The summed E-state index contributed by atoms with van der Waals surface area (Å²) in [6.45, 7) is 2.39. The highest BCUT2D eigenvalue weighted by molar-refractivity contribution is 7.80. The number of hydrogen-bond acceptors (Lipinski definition) is 5. The van der Waals surface area contributed by atoms with Gasteiger partial charge in [0.2, 0.25) is 0 Å². The predicted molar refractivity (Wildman–Crippen MR) is 82.8 cm³/mol. The Morgan fingerprint density at radius 3 is 3.00 bits per heavy atom. The lowest BCUT2D eigenvalue weighted by atomic mass is 10.1. The van der Waals surface area contributed by atoms with Gasteiger partial charge < -0.3 is 21.0 Å². The van der Waals surface area contributed by atoms with Crippen LogP contribution in [0.2, 0.25) is 0 Å². The van der Waals surface area contributed by atoms with E-state index in [-0.39, 0.29) is 24.0 Å². The summed E-state index contributed by atoms with van der Waals surface area (Å²) in [5.41, 5.74) is 5.63. The number of amidine groups is 1. The standard InChI is InChI=1S/C13H15FN4O3S/c1-7(22)16-5-9-6-18(13(19)21-9)8-2-3-10(11(14)4-8)12(15)17-20/h2-4,9,20H,5-6H2,1H3,(H2,15,17)(H,16,22)/t9-/m0/s1. The van der Waals surface area contributed by atoms with Gasteiger partial charge in [0.15, 0.2) is 5.84 Å². The number of nitrogens with two attached hydrogens (primary N) is 1. The molecule has 0 unspecified atom stereocenters. The van der Waals surface area contributed by atoms with Crippen molar-refractivity contribution >= 4 is 34.8 Å². The number of cyclic esters (lactones) is 1. The summed E-state index contributed by atoms with van der Waals surface area (Å²) in [6, 6.07) is 3.96. The summed E-state index contributed by atoms with van der Waals surface area (Å²) in [7, 11) is 0. The minimum atomic E-state index is -0.697. The molecule has 1 fully saturated rings. The van der Waals surface area contributed by atoms with Crippen molar-refractivity contribution in [2.24, 2.45) is 10.9 Å². The lowest BCUT2D eigenvalue weighted by Crippen LogP contribution is -2.32. The quantitative estimate of drug-likeness (QED) is 0.253. The number of hydrogen-bond donors (Lipinski definition) is 3. The lowest BCUT2D eigenvalue weighted by molar-refractivity contribution is 0.143. The second kappa shape index (κ2) is 6.56. The Morgan fingerprint density at radius 2 is 2.41 bits per heavy atom. The number of rotatable bonds is 4. The highest BCUT2D eigenvalue weighted by Crippen LogP contribution is 2.23. The second-order valence-electron chi connectivity index (χ2n) is 4.70. The van der Waals surface area contributed by atoms with Crippen molar-refractivity contribution in [1.29, 1.82) is 0 Å². The van der Waals surface area contributed by atoms with Gasteiger partial charge in [-0.3, -0.25) is 4.90 Å². The van der Waals surface area contributed by atoms with E-state index in [9.17, 15) is 9.18 Å². The fourth-order valence-corrected chi connectivity index (χ4v) is 2.11. The summed E-state index contributed by atoms with van der Waals surface area (Å²) < 4.78 is 19.1. The van der Waals surface area contributed by atoms with Crippen molar-refractivity contribution < 1.29 is 19.1 Å². The minimum absolute atomic E-state index is 0.0478. The SMILES string of the molecule is CC(=S)NC[C@H]1CN(c2ccc(/C(N)=N/O)c(F)c2)C(=O)O1. The highest BCUT2D eigenvalue weighted by atomic mass is 32.1. The molecule has 2 rings (SSSR count). The number of halogens is 1. The number of anilines is 1. The van der Waals surface area contributed by atoms with Gasteiger partial charge in [-0.1, -0.05) is 17.4 Å². The number of carbonyl (C=O) groups is 1. The Bertz CT molecular complexity index is 638. The Kier molecular flexibility index (Phi) is 4.76. The summed E-state index contributed by atoms with van der Waals surface area (Å²) in [5.74, 6) is -1.04. The average Bonchev–Trinajstić information content (AvgIpc) is 2.85. The highest BCUT2D eigenvalue weighted by Gasteiger charge is 2.32. The van der Waals surface area contributed by atoms with Gasteiger partial charge in [0.25, 0.3) is 0 Å². The third kappa shape index (κ3) is 3.42. The number of nitrogens with zero attached hydrogens (tertiary/aromatic N) is 2. The first kappa shape index (κ1) is 16.0. The Hall–Kier alpha value is -2.42. The molecule has 1 aliphatic heterocycles. The molecule has 9 heteroatoms. The molecule has 0 aromatic heterocycles. The van der Waals surface area contributed by atoms with Gasteiger partial charge in [-0.2, -0.15) is 0 Å². The smallest absolute Gasteiger partial charge is 0.414 e. The summed E-state index contributed by atoms with van der Waals surface area (Å²) in [5, 5.41) is 14.2. The van der Waals surface area contributed by atoms with Crippen LogP contribution in [0.1, 0.15) is 12.5 Å². The van der Waals surface area contributed by atoms with Crippen molar-refractivity contribution in [3.63, 3.8) is 0 Å². The zero-order chi connectivity index (χ0) is 16.3. The summed E-state index contributed by atoms with van der Waals surface area (Å²) >= 11 is 4.89. The van der Waals surface area contributed by atoms with Crippen molar-refractivity contribution in [2.75, 3.05) is 18.0 Å². The van der Waals surface area contributed by atoms with Gasteiger partial charge in [-0.05, 0) is 25.1 Å². The predicted octanol–water partition coefficient (Wildman–Crippen LogP) is 1.18. The van der Waals surface area contributed by atoms with Crippen LogP contribution >= 0.6 is 12.2 Å². The normalized spacial score (nSPS) is 18.3. The number of nitrogens with one attached hydrogen (secondary N) is 1. The van der Waals surface area contributed by atoms with E-state index in [2.05, 4.69) is 10.5 Å². The van der Waals surface area contributed by atoms with Crippen molar-refractivity contribution in [3.8, 4) is 0 Å². The van der Waals surface area contributed by atoms with Crippen LogP contribution in [0.4, 0.5) is 14.9 Å². The molecular formula is C13H15FN4O3S. The molecule has 1 atom stereocenters. The number of oxime groups is 1. The Labute approximate surface area is 131 Å². The van der Waals surface area contributed by atoms with Crippen molar-refractivity contribution in [3.05, 3.63) is 29.6 Å². The molecule has 1 amide bonds. The fraction of sp³-hybridized carbons (Fsp3) is 0.308. The van der Waals surface area contributed by atoms with E-state index < -0.39 is 11.9 Å². The molecule has 0 saturated carbocycles. The molecule has 1 aliphatic rings. The summed E-state index contributed by atoms with van der Waals surface area (Å²) in [4.78, 5) is 13.8. The Balaban J connectivity index is 2.13. The number of thiocarbonyl (C=S) groups is 1. The van der Waals surface area contributed by atoms with E-state index >= 15 is 0 Å². The van der Waals surface area contributed by atoms with E-state index in [1.54, 1.807) is 6.92 Å². The van der Waals surface area contributed by atoms with Gasteiger partial charge in [-0.25, -0.2) is 9.18 Å². The molecule has 4 N–H and O–H groups in total. The van der Waals surface area contributed by atoms with E-state index in [1.165, 1.54) is 17.0 Å². The third-order valence-electron chi connectivity index (χ3n) is 3.10. The third-order valence-corrected chi connectivity index (χ3v) is 3.25. The molecule has 118 valence electrons. The summed E-state index contributed by atoms with van der Waals surface area (Å²) in [6.07, 6.45) is -0.943. The molecule has 0 radical (unpaired) electrons. The van der Waals surface area contributed by atoms with Gasteiger partial charge in [0.1, 0.15) is 11.9 Å². The minimum Gasteiger partial charge on any atom is -0.442 e. The molecule has 1 aromatic carbocycles. The van der Waals surface area contributed by atoms with Crippen molar-refractivity contribution in [2.45, 2.75) is 13.0 Å². The zero-order valence-corrected chi connectivity index (χ0v) is 12.6. The van der Waals surface area contributed by atoms with Gasteiger partial charge >= 0.3 is 6.09 Å². The van der Waals surface area contributed by atoms with Gasteiger partial charge in [0, 0.05) is 0 Å². The van der Waals surface area contributed by atoms with Crippen LogP contribution in [0.15, 0.2) is 23.4 Å². The largest absolute Gasteiger partial charge is 0.442 e. The molecular weight excluding hydrogens is 311 g/mol. The van der Waals surface area contributed by atoms with E-state index in [4.69, 9.17) is 27.9 Å². The molecule has 0 bridgehead atoms. The maximum absolute atomic E-state index is 13.9. The van der Waals surface area contributed by atoms with Crippen LogP contribution in [-0.4, -0.2) is 41.3 Å². The monoisotopic (exact) mass is 326 g/mol. The number of ether oxygens (including phenoxy) is 1. The molecule has 0 spiro atoms. The first-order valence-electron chi connectivity index (χ1n) is 6.42. The topological polar surface area (TPSA) is 100 Å². The van der Waals surface area contributed by atoms with Crippen LogP contribution in [0.25, 0.3) is 0 Å². The molecule has 1 aromatic rings. The van der Waals surface area contributed by atoms with E-state index in [0.29, 0.717) is 17.2 Å². The van der Waals surface area contributed by atoms with Gasteiger partial charge in [0.05, 0.1) is 29.3 Å². The number of amides is 1. The lowest BCUT2D eigenvalue weighted by Gasteiger charge is -2.14.